The molecule has 0 atom stereocenters. The van der Waals surface area contributed by atoms with Crippen molar-refractivity contribution in [2.24, 2.45) is 0 Å². The van der Waals surface area contributed by atoms with Crippen LogP contribution in [0.4, 0.5) is 0 Å². The van der Waals surface area contributed by atoms with Crippen LogP contribution in [0.2, 0.25) is 0 Å². The second kappa shape index (κ2) is 7.97. The Labute approximate surface area is 215 Å². The quantitative estimate of drug-likeness (QED) is 0.166. The molecule has 0 spiro atoms. The van der Waals surface area contributed by atoms with Gasteiger partial charge in [0.2, 0.25) is 0 Å². The Kier molecular flexibility index (Phi) is 4.70. The number of aromatic nitrogens is 3. The zero-order valence-electron chi connectivity index (χ0n) is 19.7. The molecule has 3 aromatic carbocycles. The van der Waals surface area contributed by atoms with Crippen molar-refractivity contribution in [3.63, 3.8) is 0 Å². The van der Waals surface area contributed by atoms with Crippen LogP contribution in [0.1, 0.15) is 11.1 Å². The van der Waals surface area contributed by atoms with Crippen LogP contribution < -0.4 is 0 Å². The Hall–Kier alpha value is -4.09. The van der Waals surface area contributed by atoms with Gasteiger partial charge in [0.05, 0.1) is 16.7 Å². The number of hydrogen-bond donors (Lipinski definition) is 0. The molecule has 0 saturated carbocycles. The molecule has 0 N–H and O–H groups in total. The van der Waals surface area contributed by atoms with Crippen LogP contribution in [0.5, 0.6) is 0 Å². The fraction of sp³-hybridized carbons (Fsp3) is 0.0645. The van der Waals surface area contributed by atoms with E-state index in [0.29, 0.717) is 0 Å². The average Bonchev–Trinajstić information content (AvgIpc) is 3.25. The zero-order chi connectivity index (χ0) is 24.4. The van der Waals surface area contributed by atoms with Crippen molar-refractivity contribution in [1.29, 1.82) is 0 Å². The minimum absolute atomic E-state index is 0.761. The van der Waals surface area contributed by atoms with Crippen molar-refractivity contribution in [1.82, 2.24) is 15.0 Å². The number of fused-ring (bicyclic) bond motifs is 6. The number of aryl methyl sites for hydroxylation is 2. The molecule has 7 aromatic rings. The van der Waals surface area contributed by atoms with Crippen LogP contribution in [0.3, 0.4) is 0 Å². The fourth-order valence-electron chi connectivity index (χ4n) is 5.02. The highest BCUT2D eigenvalue weighted by molar-refractivity contribution is 9.10. The Bertz CT molecular complexity index is 1990. The van der Waals surface area contributed by atoms with Gasteiger partial charge in [-0.25, -0.2) is 4.98 Å². The minimum atomic E-state index is 0.761. The summed E-state index contributed by atoms with van der Waals surface area (Å²) in [6.07, 6.45) is 3.73. The maximum absolute atomic E-state index is 6.36. The van der Waals surface area contributed by atoms with Crippen LogP contribution in [0.25, 0.3) is 66.1 Å². The average molecular weight is 530 g/mol. The molecule has 4 nitrogen and oxygen atoms in total. The maximum Gasteiger partial charge on any atom is 0.144 e. The van der Waals surface area contributed by atoms with E-state index in [4.69, 9.17) is 14.4 Å². The van der Waals surface area contributed by atoms with Gasteiger partial charge in [0, 0.05) is 45.1 Å². The number of pyridine rings is 3. The van der Waals surface area contributed by atoms with Gasteiger partial charge in [0.1, 0.15) is 15.8 Å². The topological polar surface area (TPSA) is 51.8 Å². The van der Waals surface area contributed by atoms with Crippen LogP contribution >= 0.6 is 15.9 Å². The summed E-state index contributed by atoms with van der Waals surface area (Å²) in [5, 5.41) is 4.38. The Balaban J connectivity index is 1.43. The lowest BCUT2D eigenvalue weighted by Crippen LogP contribution is -1.91. The Morgan fingerprint density at radius 1 is 0.722 bits per heavy atom. The predicted molar refractivity (Wildman–Crippen MR) is 150 cm³/mol. The lowest BCUT2D eigenvalue weighted by Gasteiger charge is -2.10. The van der Waals surface area contributed by atoms with Crippen molar-refractivity contribution in [3.8, 4) is 22.4 Å². The molecule has 0 aliphatic heterocycles. The summed E-state index contributed by atoms with van der Waals surface area (Å²) in [4.78, 5) is 14.2. The molecule has 0 bridgehead atoms. The first-order chi connectivity index (χ1) is 17.5. The monoisotopic (exact) mass is 529 g/mol. The third kappa shape index (κ3) is 3.39. The molecule has 0 radical (unpaired) electrons. The summed E-state index contributed by atoms with van der Waals surface area (Å²) in [5.41, 5.74) is 9.82. The SMILES string of the molecule is Cc1ccc2oc3c(-c4cc(-c5cnc6c(ccc7cccnc76)c5)cc(Br)n4)cc(C)cc3c2c1. The van der Waals surface area contributed by atoms with E-state index < -0.39 is 0 Å². The summed E-state index contributed by atoms with van der Waals surface area (Å²) < 4.78 is 7.12. The highest BCUT2D eigenvalue weighted by Crippen LogP contribution is 2.38. The number of benzene rings is 3. The highest BCUT2D eigenvalue weighted by atomic mass is 79.9. The standard InChI is InChI=1S/C31H20BrN3O/c1-17-5-8-27-23(10-17)24-11-18(2)12-25(31(24)36-27)26-14-21(15-28(32)35-26)22-13-20-7-6-19-4-3-9-33-29(19)30(20)34-16-22/h3-16H,1-2H3. The summed E-state index contributed by atoms with van der Waals surface area (Å²) >= 11 is 3.64. The fourth-order valence-corrected chi connectivity index (χ4v) is 5.46. The molecule has 5 heteroatoms. The third-order valence-electron chi connectivity index (χ3n) is 6.70. The number of halogens is 1. The first-order valence-electron chi connectivity index (χ1n) is 11.8. The second-order valence-corrected chi connectivity index (χ2v) is 10.1. The second-order valence-electron chi connectivity index (χ2n) is 9.29. The van der Waals surface area contributed by atoms with Gasteiger partial charge in [0.25, 0.3) is 0 Å². The summed E-state index contributed by atoms with van der Waals surface area (Å²) in [6, 6.07) is 25.2. The number of furan rings is 1. The molecular weight excluding hydrogens is 510 g/mol. The van der Waals surface area contributed by atoms with Crippen LogP contribution in [-0.2, 0) is 0 Å². The van der Waals surface area contributed by atoms with Gasteiger partial charge in [-0.1, -0.05) is 29.8 Å². The maximum atomic E-state index is 6.36. The normalized spacial score (nSPS) is 11.8. The predicted octanol–water partition coefficient (Wildman–Crippen LogP) is 8.79. The highest BCUT2D eigenvalue weighted by Gasteiger charge is 2.16. The van der Waals surface area contributed by atoms with Gasteiger partial charge in [-0.05, 0) is 89.4 Å². The smallest absolute Gasteiger partial charge is 0.144 e. The van der Waals surface area contributed by atoms with Crippen molar-refractivity contribution in [3.05, 3.63) is 101 Å². The molecule has 4 heterocycles. The molecule has 0 saturated heterocycles. The molecule has 172 valence electrons. The molecule has 0 aliphatic rings. The summed E-state index contributed by atoms with van der Waals surface area (Å²) in [5.74, 6) is 0. The van der Waals surface area contributed by atoms with E-state index in [2.05, 4.69) is 89.4 Å². The number of rotatable bonds is 2. The molecule has 0 aliphatic carbocycles. The van der Waals surface area contributed by atoms with Gasteiger partial charge in [-0.2, -0.15) is 0 Å². The minimum Gasteiger partial charge on any atom is -0.455 e. The molecule has 4 aromatic heterocycles. The van der Waals surface area contributed by atoms with Crippen molar-refractivity contribution < 1.29 is 4.42 Å². The summed E-state index contributed by atoms with van der Waals surface area (Å²) in [7, 11) is 0. The Morgan fingerprint density at radius 2 is 1.56 bits per heavy atom. The molecule has 36 heavy (non-hydrogen) atoms. The molecule has 0 unspecified atom stereocenters. The number of nitrogens with zero attached hydrogens (tertiary/aromatic N) is 3. The molecular formula is C31H20BrN3O. The van der Waals surface area contributed by atoms with E-state index >= 15 is 0 Å². The van der Waals surface area contributed by atoms with Gasteiger partial charge in [0.15, 0.2) is 0 Å². The largest absolute Gasteiger partial charge is 0.455 e. The van der Waals surface area contributed by atoms with Crippen LogP contribution in [-0.4, -0.2) is 15.0 Å². The van der Waals surface area contributed by atoms with Crippen LogP contribution in [0.15, 0.2) is 94.2 Å². The van der Waals surface area contributed by atoms with E-state index in [1.165, 1.54) is 5.56 Å². The lowest BCUT2D eigenvalue weighted by atomic mass is 9.99. The van der Waals surface area contributed by atoms with Gasteiger partial charge in [-0.3, -0.25) is 9.97 Å². The van der Waals surface area contributed by atoms with E-state index in [0.717, 1.165) is 76.3 Å². The van der Waals surface area contributed by atoms with E-state index in [-0.39, 0.29) is 0 Å². The summed E-state index contributed by atoms with van der Waals surface area (Å²) in [6.45, 7) is 4.22. The van der Waals surface area contributed by atoms with Crippen LogP contribution in [0, 0.1) is 13.8 Å². The number of hydrogen-bond acceptors (Lipinski definition) is 4. The van der Waals surface area contributed by atoms with E-state index in [1.54, 1.807) is 0 Å². The first kappa shape index (κ1) is 21.2. The zero-order valence-corrected chi connectivity index (χ0v) is 21.3. The van der Waals surface area contributed by atoms with Crippen molar-refractivity contribution in [2.45, 2.75) is 13.8 Å². The van der Waals surface area contributed by atoms with Gasteiger partial charge < -0.3 is 4.42 Å². The molecule has 0 fully saturated rings. The van der Waals surface area contributed by atoms with E-state index in [1.807, 2.05) is 30.6 Å². The first-order valence-corrected chi connectivity index (χ1v) is 12.6. The Morgan fingerprint density at radius 3 is 2.47 bits per heavy atom. The van der Waals surface area contributed by atoms with Gasteiger partial charge >= 0.3 is 0 Å². The lowest BCUT2D eigenvalue weighted by molar-refractivity contribution is 0.669. The van der Waals surface area contributed by atoms with E-state index in [9.17, 15) is 0 Å². The van der Waals surface area contributed by atoms with Crippen molar-refractivity contribution >= 4 is 59.7 Å². The van der Waals surface area contributed by atoms with Gasteiger partial charge in [-0.15, -0.1) is 0 Å². The third-order valence-corrected chi connectivity index (χ3v) is 7.10. The molecule has 0 amide bonds. The van der Waals surface area contributed by atoms with Crippen molar-refractivity contribution in [2.75, 3.05) is 0 Å². The molecule has 7 rings (SSSR count).